The summed E-state index contributed by atoms with van der Waals surface area (Å²) in [5, 5.41) is 3.61. The van der Waals surface area contributed by atoms with E-state index < -0.39 is 0 Å². The summed E-state index contributed by atoms with van der Waals surface area (Å²) in [5.41, 5.74) is 2.76. The molecule has 1 atom stereocenters. The Bertz CT molecular complexity index is 777. The Hall–Kier alpha value is -2.03. The number of hydrogen-bond acceptors (Lipinski definition) is 6. The Balaban J connectivity index is 1.59. The highest BCUT2D eigenvalue weighted by atomic mass is 32.2. The second-order valence-electron chi connectivity index (χ2n) is 6.74. The molecule has 0 saturated carbocycles. The molecule has 1 aliphatic heterocycles. The highest BCUT2D eigenvalue weighted by Gasteiger charge is 2.23. The van der Waals surface area contributed by atoms with Crippen LogP contribution in [0, 0.1) is 19.7 Å². The molecule has 0 aliphatic carbocycles. The van der Waals surface area contributed by atoms with Crippen molar-refractivity contribution in [2.45, 2.75) is 25.0 Å². The number of nitrogens with zero attached hydrogens (tertiary/aromatic N) is 3. The van der Waals surface area contributed by atoms with E-state index in [1.54, 1.807) is 12.1 Å². The van der Waals surface area contributed by atoms with E-state index in [-0.39, 0.29) is 23.5 Å². The summed E-state index contributed by atoms with van der Waals surface area (Å²) in [6.07, 6.45) is 0. The maximum Gasteiger partial charge on any atom is 0.230 e. The predicted octanol–water partition coefficient (Wildman–Crippen LogP) is 2.51. The van der Waals surface area contributed by atoms with Crippen LogP contribution in [0.1, 0.15) is 23.0 Å². The van der Waals surface area contributed by atoms with Gasteiger partial charge in [-0.05, 0) is 37.6 Å². The van der Waals surface area contributed by atoms with Gasteiger partial charge in [-0.25, -0.2) is 14.4 Å². The van der Waals surface area contributed by atoms with Crippen molar-refractivity contribution in [3.05, 3.63) is 53.1 Å². The molecular formula is C20H25FN4O2S. The van der Waals surface area contributed by atoms with Crippen LogP contribution < -0.4 is 5.32 Å². The van der Waals surface area contributed by atoms with Gasteiger partial charge in [0.15, 0.2) is 5.16 Å². The third-order valence-corrected chi connectivity index (χ3v) is 5.38. The molecule has 6 nitrogen and oxygen atoms in total. The Labute approximate surface area is 168 Å². The van der Waals surface area contributed by atoms with E-state index in [1.807, 2.05) is 19.9 Å². The van der Waals surface area contributed by atoms with Crippen LogP contribution >= 0.6 is 11.8 Å². The number of carbonyl (C=O) groups is 1. The van der Waals surface area contributed by atoms with Crippen LogP contribution in [0.3, 0.4) is 0 Å². The number of hydrogen-bond donors (Lipinski definition) is 1. The van der Waals surface area contributed by atoms with Gasteiger partial charge in [0.1, 0.15) is 5.82 Å². The molecule has 0 spiro atoms. The zero-order chi connectivity index (χ0) is 19.9. The van der Waals surface area contributed by atoms with E-state index in [0.717, 1.165) is 30.0 Å². The number of nitrogens with one attached hydrogen (secondary N) is 1. The number of ether oxygens (including phenoxy) is 1. The van der Waals surface area contributed by atoms with E-state index in [1.165, 1.54) is 23.9 Å². The lowest BCUT2D eigenvalue weighted by atomic mass is 10.0. The van der Waals surface area contributed by atoms with E-state index >= 15 is 0 Å². The molecule has 28 heavy (non-hydrogen) atoms. The van der Waals surface area contributed by atoms with Crippen molar-refractivity contribution in [3.8, 4) is 0 Å². The van der Waals surface area contributed by atoms with Crippen LogP contribution in [0.4, 0.5) is 4.39 Å². The average Bonchev–Trinajstić information content (AvgIpc) is 2.68. The molecule has 1 unspecified atom stereocenters. The highest BCUT2D eigenvalue weighted by Crippen LogP contribution is 2.22. The summed E-state index contributed by atoms with van der Waals surface area (Å²) in [7, 11) is 0. The van der Waals surface area contributed by atoms with Crippen molar-refractivity contribution in [1.29, 1.82) is 0 Å². The Morgan fingerprint density at radius 1 is 1.21 bits per heavy atom. The Morgan fingerprint density at radius 2 is 1.86 bits per heavy atom. The number of rotatable bonds is 7. The Kier molecular flexibility index (Phi) is 7.36. The quantitative estimate of drug-likeness (QED) is 0.565. The molecule has 1 aromatic heterocycles. The third-order valence-electron chi connectivity index (χ3n) is 4.53. The van der Waals surface area contributed by atoms with E-state index in [9.17, 15) is 9.18 Å². The van der Waals surface area contributed by atoms with Gasteiger partial charge in [0.25, 0.3) is 0 Å². The average molecular weight is 405 g/mol. The summed E-state index contributed by atoms with van der Waals surface area (Å²) in [5.74, 6) is -0.0891. The summed E-state index contributed by atoms with van der Waals surface area (Å²) in [4.78, 5) is 23.3. The largest absolute Gasteiger partial charge is 0.379 e. The summed E-state index contributed by atoms with van der Waals surface area (Å²) in [6.45, 7) is 7.16. The lowest BCUT2D eigenvalue weighted by molar-refractivity contribution is -0.118. The molecule has 2 aromatic rings. The second kappa shape index (κ2) is 9.95. The predicted molar refractivity (Wildman–Crippen MR) is 107 cm³/mol. The zero-order valence-electron chi connectivity index (χ0n) is 16.2. The van der Waals surface area contributed by atoms with Gasteiger partial charge >= 0.3 is 0 Å². The normalized spacial score (nSPS) is 16.0. The van der Waals surface area contributed by atoms with Gasteiger partial charge in [-0.2, -0.15) is 0 Å². The smallest absolute Gasteiger partial charge is 0.230 e. The van der Waals surface area contributed by atoms with Crippen LogP contribution in [0.2, 0.25) is 0 Å². The SMILES string of the molecule is Cc1cc(C)nc(SCC(=O)NCC(c2ccc(F)cc2)N2CCOCC2)n1. The van der Waals surface area contributed by atoms with Crippen molar-refractivity contribution < 1.29 is 13.9 Å². The molecular weight excluding hydrogens is 379 g/mol. The number of halogens is 1. The fourth-order valence-electron chi connectivity index (χ4n) is 3.18. The molecule has 8 heteroatoms. The minimum Gasteiger partial charge on any atom is -0.379 e. The molecule has 1 N–H and O–H groups in total. The van der Waals surface area contributed by atoms with Crippen molar-refractivity contribution in [2.24, 2.45) is 0 Å². The first kappa shape index (κ1) is 20.7. The molecule has 0 bridgehead atoms. The molecule has 1 saturated heterocycles. The van der Waals surface area contributed by atoms with Crippen LogP contribution in [-0.4, -0.2) is 59.4 Å². The number of aromatic nitrogens is 2. The highest BCUT2D eigenvalue weighted by molar-refractivity contribution is 7.99. The van der Waals surface area contributed by atoms with Crippen LogP contribution in [0.15, 0.2) is 35.5 Å². The summed E-state index contributed by atoms with van der Waals surface area (Å²) < 4.78 is 18.7. The molecule has 1 aromatic carbocycles. The fourth-order valence-corrected chi connectivity index (χ4v) is 3.96. The van der Waals surface area contributed by atoms with Gasteiger partial charge in [-0.3, -0.25) is 9.69 Å². The van der Waals surface area contributed by atoms with E-state index in [0.29, 0.717) is 24.9 Å². The lowest BCUT2D eigenvalue weighted by Crippen LogP contribution is -2.44. The van der Waals surface area contributed by atoms with Crippen molar-refractivity contribution in [2.75, 3.05) is 38.6 Å². The first-order valence-corrected chi connectivity index (χ1v) is 10.3. The fraction of sp³-hybridized carbons (Fsp3) is 0.450. The zero-order valence-corrected chi connectivity index (χ0v) is 17.0. The van der Waals surface area contributed by atoms with Crippen LogP contribution in [-0.2, 0) is 9.53 Å². The first-order valence-electron chi connectivity index (χ1n) is 9.30. The van der Waals surface area contributed by atoms with E-state index in [2.05, 4.69) is 20.2 Å². The molecule has 1 fully saturated rings. The van der Waals surface area contributed by atoms with Crippen molar-refractivity contribution in [3.63, 3.8) is 0 Å². The maximum atomic E-state index is 13.3. The van der Waals surface area contributed by atoms with E-state index in [4.69, 9.17) is 4.74 Å². The van der Waals surface area contributed by atoms with Gasteiger partial charge in [-0.15, -0.1) is 0 Å². The molecule has 3 rings (SSSR count). The van der Waals surface area contributed by atoms with Gasteiger partial charge < -0.3 is 10.1 Å². The number of morpholine rings is 1. The molecule has 1 amide bonds. The lowest BCUT2D eigenvalue weighted by Gasteiger charge is -2.35. The minimum absolute atomic E-state index is 0.0177. The number of benzene rings is 1. The van der Waals surface area contributed by atoms with Gasteiger partial charge in [0.2, 0.25) is 5.91 Å². The minimum atomic E-state index is -0.265. The number of amides is 1. The molecule has 150 valence electrons. The monoisotopic (exact) mass is 404 g/mol. The first-order chi connectivity index (χ1) is 13.5. The maximum absolute atomic E-state index is 13.3. The third kappa shape index (κ3) is 5.98. The second-order valence-corrected chi connectivity index (χ2v) is 7.68. The molecule has 2 heterocycles. The Morgan fingerprint density at radius 3 is 2.50 bits per heavy atom. The van der Waals surface area contributed by atoms with Gasteiger partial charge in [-0.1, -0.05) is 23.9 Å². The molecule has 0 radical (unpaired) electrons. The summed E-state index contributed by atoms with van der Waals surface area (Å²) >= 11 is 1.32. The number of aryl methyl sites for hydroxylation is 2. The van der Waals surface area contributed by atoms with Crippen LogP contribution in [0.25, 0.3) is 0 Å². The van der Waals surface area contributed by atoms with Crippen molar-refractivity contribution in [1.82, 2.24) is 20.2 Å². The van der Waals surface area contributed by atoms with Gasteiger partial charge in [0, 0.05) is 31.0 Å². The van der Waals surface area contributed by atoms with Crippen molar-refractivity contribution >= 4 is 17.7 Å². The molecule has 1 aliphatic rings. The standard InChI is InChI=1S/C20H25FN4O2S/c1-14-11-15(2)24-20(23-14)28-13-19(26)22-12-18(25-7-9-27-10-8-25)16-3-5-17(21)6-4-16/h3-6,11,18H,7-10,12-13H2,1-2H3,(H,22,26). The topological polar surface area (TPSA) is 67.4 Å². The summed E-state index contributed by atoms with van der Waals surface area (Å²) in [6, 6.07) is 8.35. The number of carbonyl (C=O) groups excluding carboxylic acids is 1. The van der Waals surface area contributed by atoms with Gasteiger partial charge in [0.05, 0.1) is 25.0 Å². The number of thioether (sulfide) groups is 1. The van der Waals surface area contributed by atoms with Crippen LogP contribution in [0.5, 0.6) is 0 Å².